The molecule has 1 atom stereocenters. The van der Waals surface area contributed by atoms with Crippen LogP contribution in [0.3, 0.4) is 0 Å². The summed E-state index contributed by atoms with van der Waals surface area (Å²) in [5.41, 5.74) is 2.10. The van der Waals surface area contributed by atoms with Gasteiger partial charge in [-0.05, 0) is 56.1 Å². The Kier molecular flexibility index (Phi) is 4.54. The molecule has 0 spiro atoms. The summed E-state index contributed by atoms with van der Waals surface area (Å²) in [6.45, 7) is 3.20. The van der Waals surface area contributed by atoms with Crippen LogP contribution in [0.4, 0.5) is 0 Å². The molecule has 2 aromatic carbocycles. The van der Waals surface area contributed by atoms with Crippen molar-refractivity contribution in [1.82, 2.24) is 15.2 Å². The minimum Gasteiger partial charge on any atom is -0.436 e. The third-order valence-corrected chi connectivity index (χ3v) is 6.44. The third kappa shape index (κ3) is 3.08. The summed E-state index contributed by atoms with van der Waals surface area (Å²) in [6.07, 6.45) is 2.29. The molecule has 7 heteroatoms. The fourth-order valence-electron chi connectivity index (χ4n) is 4.32. The molecule has 0 saturated carbocycles. The van der Waals surface area contributed by atoms with Gasteiger partial charge in [0.2, 0.25) is 5.89 Å². The molecule has 3 aromatic rings. The lowest BCUT2D eigenvalue weighted by molar-refractivity contribution is 0.0621. The molecule has 1 N–H and O–H groups in total. The average molecular weight is 416 g/mol. The van der Waals surface area contributed by atoms with Crippen molar-refractivity contribution < 1.29 is 9.21 Å². The Morgan fingerprint density at radius 2 is 1.82 bits per heavy atom. The Hall–Kier alpha value is -2.08. The topological polar surface area (TPSA) is 58.4 Å². The molecule has 5 nitrogen and oxygen atoms in total. The van der Waals surface area contributed by atoms with Gasteiger partial charge in [-0.2, -0.15) is 0 Å². The Bertz CT molecular complexity index is 1040. The number of halogens is 2. The van der Waals surface area contributed by atoms with Gasteiger partial charge >= 0.3 is 0 Å². The highest BCUT2D eigenvalue weighted by Crippen LogP contribution is 2.36. The van der Waals surface area contributed by atoms with Crippen molar-refractivity contribution in [2.45, 2.75) is 18.9 Å². The molecule has 4 heterocycles. The molecule has 3 saturated heterocycles. The standard InChI is InChI=1S/C21H19Cl2N3O2/c22-14-4-2-5-15(23)18(14)21-25-19-13(3-1-6-17(19)28-21)20(27)24-16-11-26-9-7-12(16)8-10-26/h1-6,12,16H,7-11H2,(H,24,27). The van der Waals surface area contributed by atoms with E-state index in [9.17, 15) is 4.79 Å². The van der Waals surface area contributed by atoms with Crippen LogP contribution in [0.1, 0.15) is 23.2 Å². The molecule has 1 unspecified atom stereocenters. The van der Waals surface area contributed by atoms with Crippen LogP contribution in [0.5, 0.6) is 0 Å². The van der Waals surface area contributed by atoms with Crippen LogP contribution in [0.2, 0.25) is 10.0 Å². The van der Waals surface area contributed by atoms with E-state index in [2.05, 4.69) is 15.2 Å². The summed E-state index contributed by atoms with van der Waals surface area (Å²) in [5, 5.41) is 4.13. The number of nitrogens with zero attached hydrogens (tertiary/aromatic N) is 2. The van der Waals surface area contributed by atoms with Crippen LogP contribution < -0.4 is 5.32 Å². The third-order valence-electron chi connectivity index (χ3n) is 5.81. The Morgan fingerprint density at radius 1 is 1.11 bits per heavy atom. The second kappa shape index (κ2) is 7.07. The van der Waals surface area contributed by atoms with E-state index in [1.54, 1.807) is 36.4 Å². The summed E-state index contributed by atoms with van der Waals surface area (Å²) in [6, 6.07) is 10.8. The first-order valence-corrected chi connectivity index (χ1v) is 10.2. The average Bonchev–Trinajstić information content (AvgIpc) is 3.12. The van der Waals surface area contributed by atoms with Crippen molar-refractivity contribution in [2.24, 2.45) is 5.92 Å². The van der Waals surface area contributed by atoms with Crippen molar-refractivity contribution >= 4 is 40.2 Å². The molecule has 3 aliphatic heterocycles. The molecule has 1 amide bonds. The SMILES string of the molecule is O=C(NC1CN2CCC1CC2)c1cccc2oc(-c3c(Cl)cccc3Cl)nc12. The van der Waals surface area contributed by atoms with Crippen LogP contribution in [0.25, 0.3) is 22.6 Å². The molecule has 2 bridgehead atoms. The molecular weight excluding hydrogens is 397 g/mol. The van der Waals surface area contributed by atoms with E-state index >= 15 is 0 Å². The van der Waals surface area contributed by atoms with Gasteiger partial charge in [-0.3, -0.25) is 4.79 Å². The number of hydrogen-bond donors (Lipinski definition) is 1. The van der Waals surface area contributed by atoms with Gasteiger partial charge in [0.25, 0.3) is 5.91 Å². The number of fused-ring (bicyclic) bond motifs is 4. The minimum atomic E-state index is -0.116. The Balaban J connectivity index is 1.48. The van der Waals surface area contributed by atoms with Crippen LogP contribution in [0.15, 0.2) is 40.8 Å². The number of hydrogen-bond acceptors (Lipinski definition) is 4. The van der Waals surface area contributed by atoms with E-state index in [0.717, 1.165) is 32.5 Å². The summed E-state index contributed by atoms with van der Waals surface area (Å²) >= 11 is 12.6. The van der Waals surface area contributed by atoms with Gasteiger partial charge in [0, 0.05) is 12.6 Å². The predicted molar refractivity (Wildman–Crippen MR) is 110 cm³/mol. The largest absolute Gasteiger partial charge is 0.436 e. The van der Waals surface area contributed by atoms with E-state index in [1.807, 2.05) is 0 Å². The van der Waals surface area contributed by atoms with Gasteiger partial charge < -0.3 is 14.6 Å². The summed E-state index contributed by atoms with van der Waals surface area (Å²) in [4.78, 5) is 20.0. The van der Waals surface area contributed by atoms with Crippen LogP contribution in [0, 0.1) is 5.92 Å². The van der Waals surface area contributed by atoms with E-state index < -0.39 is 0 Å². The monoisotopic (exact) mass is 415 g/mol. The van der Waals surface area contributed by atoms with E-state index in [0.29, 0.717) is 44.1 Å². The number of carbonyl (C=O) groups excluding carboxylic acids is 1. The van der Waals surface area contributed by atoms with Crippen LogP contribution in [-0.4, -0.2) is 41.5 Å². The number of para-hydroxylation sites is 1. The van der Waals surface area contributed by atoms with Crippen molar-refractivity contribution in [2.75, 3.05) is 19.6 Å². The quantitative estimate of drug-likeness (QED) is 0.677. The number of aromatic nitrogens is 1. The maximum absolute atomic E-state index is 13.0. The van der Waals surface area contributed by atoms with Crippen molar-refractivity contribution in [3.05, 3.63) is 52.0 Å². The lowest BCUT2D eigenvalue weighted by atomic mass is 9.84. The number of piperidine rings is 3. The zero-order chi connectivity index (χ0) is 19.3. The first-order valence-electron chi connectivity index (χ1n) is 9.47. The molecule has 3 aliphatic rings. The normalized spacial score (nSPS) is 23.9. The van der Waals surface area contributed by atoms with Gasteiger partial charge in [-0.25, -0.2) is 4.98 Å². The maximum atomic E-state index is 13.0. The van der Waals surface area contributed by atoms with E-state index in [1.165, 1.54) is 0 Å². The molecule has 28 heavy (non-hydrogen) atoms. The lowest BCUT2D eigenvalue weighted by Crippen LogP contribution is -2.57. The number of benzene rings is 2. The molecular formula is C21H19Cl2N3O2. The lowest BCUT2D eigenvalue weighted by Gasteiger charge is -2.44. The van der Waals surface area contributed by atoms with Gasteiger partial charge in [0.05, 0.1) is 21.2 Å². The number of rotatable bonds is 3. The molecule has 6 rings (SSSR count). The Labute approximate surface area is 172 Å². The number of amides is 1. The Morgan fingerprint density at radius 3 is 2.50 bits per heavy atom. The summed E-state index contributed by atoms with van der Waals surface area (Å²) < 4.78 is 5.88. The molecule has 3 fully saturated rings. The minimum absolute atomic E-state index is 0.116. The molecule has 144 valence electrons. The predicted octanol–water partition coefficient (Wildman–Crippen LogP) is 4.63. The highest BCUT2D eigenvalue weighted by Gasteiger charge is 2.35. The number of carbonyl (C=O) groups is 1. The second-order valence-corrected chi connectivity index (χ2v) is 8.30. The zero-order valence-electron chi connectivity index (χ0n) is 15.1. The van der Waals surface area contributed by atoms with Gasteiger partial charge in [0.1, 0.15) is 5.52 Å². The first-order chi connectivity index (χ1) is 13.6. The zero-order valence-corrected chi connectivity index (χ0v) is 16.6. The molecule has 1 aromatic heterocycles. The van der Waals surface area contributed by atoms with Gasteiger partial charge in [-0.1, -0.05) is 35.3 Å². The van der Waals surface area contributed by atoms with Crippen molar-refractivity contribution in [1.29, 1.82) is 0 Å². The summed E-state index contributed by atoms with van der Waals surface area (Å²) in [7, 11) is 0. The van der Waals surface area contributed by atoms with Gasteiger partial charge in [-0.15, -0.1) is 0 Å². The smallest absolute Gasteiger partial charge is 0.253 e. The maximum Gasteiger partial charge on any atom is 0.253 e. The number of nitrogens with one attached hydrogen (secondary N) is 1. The molecule has 0 radical (unpaired) electrons. The highest BCUT2D eigenvalue weighted by molar-refractivity contribution is 6.39. The van der Waals surface area contributed by atoms with Crippen molar-refractivity contribution in [3.63, 3.8) is 0 Å². The first kappa shape index (κ1) is 18.0. The van der Waals surface area contributed by atoms with Crippen LogP contribution in [-0.2, 0) is 0 Å². The fraction of sp³-hybridized carbons (Fsp3) is 0.333. The van der Waals surface area contributed by atoms with E-state index in [-0.39, 0.29) is 11.9 Å². The van der Waals surface area contributed by atoms with Gasteiger partial charge in [0.15, 0.2) is 5.58 Å². The van der Waals surface area contributed by atoms with Crippen LogP contribution >= 0.6 is 23.2 Å². The van der Waals surface area contributed by atoms with E-state index in [4.69, 9.17) is 27.6 Å². The highest BCUT2D eigenvalue weighted by atomic mass is 35.5. The molecule has 0 aliphatic carbocycles. The fourth-order valence-corrected chi connectivity index (χ4v) is 4.87. The van der Waals surface area contributed by atoms with Crippen molar-refractivity contribution in [3.8, 4) is 11.5 Å². The summed E-state index contributed by atoms with van der Waals surface area (Å²) in [5.74, 6) is 0.756. The second-order valence-electron chi connectivity index (χ2n) is 7.49. The number of oxazole rings is 1.